The van der Waals surface area contributed by atoms with Crippen LogP contribution in [-0.4, -0.2) is 19.1 Å². The van der Waals surface area contributed by atoms with Crippen molar-refractivity contribution in [3.8, 4) is 0 Å². The summed E-state index contributed by atoms with van der Waals surface area (Å²) in [5, 5.41) is 3.02. The fraction of sp³-hybridized carbons (Fsp3) is 0.188. The molecule has 2 rings (SSSR count). The van der Waals surface area contributed by atoms with Crippen molar-refractivity contribution in [2.75, 3.05) is 18.5 Å². The molecule has 0 aromatic heterocycles. The predicted molar refractivity (Wildman–Crippen MR) is 82.7 cm³/mol. The summed E-state index contributed by atoms with van der Waals surface area (Å²) in [6.45, 7) is 1.69. The van der Waals surface area contributed by atoms with Crippen molar-refractivity contribution in [3.05, 3.63) is 66.2 Å². The minimum Gasteiger partial charge on any atom is -0.375 e. The Labute approximate surface area is 119 Å². The molecule has 0 bridgehead atoms. The molecule has 0 aliphatic carbocycles. The van der Waals surface area contributed by atoms with Crippen molar-refractivity contribution in [1.29, 1.82) is 0 Å². The van der Waals surface area contributed by atoms with Gasteiger partial charge in [0.05, 0.1) is 19.8 Å². The van der Waals surface area contributed by atoms with Crippen LogP contribution in [0.1, 0.15) is 5.56 Å². The molecule has 3 N–H and O–H groups in total. The molecule has 20 heavy (non-hydrogen) atoms. The van der Waals surface area contributed by atoms with Crippen LogP contribution in [-0.2, 0) is 11.3 Å². The monoisotopic (exact) mass is 269 g/mol. The fourth-order valence-corrected chi connectivity index (χ4v) is 1.70. The van der Waals surface area contributed by atoms with E-state index < -0.39 is 0 Å². The van der Waals surface area contributed by atoms with E-state index in [2.05, 4.69) is 10.3 Å². The van der Waals surface area contributed by atoms with E-state index in [4.69, 9.17) is 10.5 Å². The molecule has 104 valence electrons. The molecular weight excluding hydrogens is 250 g/mol. The van der Waals surface area contributed by atoms with Gasteiger partial charge in [0.2, 0.25) is 0 Å². The zero-order valence-electron chi connectivity index (χ0n) is 11.3. The van der Waals surface area contributed by atoms with Gasteiger partial charge in [-0.15, -0.1) is 0 Å². The third kappa shape index (κ3) is 5.12. The van der Waals surface area contributed by atoms with E-state index in [1.54, 1.807) is 0 Å². The smallest absolute Gasteiger partial charge is 0.193 e. The number of guanidine groups is 1. The highest BCUT2D eigenvalue weighted by Crippen LogP contribution is 2.04. The molecule has 4 nitrogen and oxygen atoms in total. The van der Waals surface area contributed by atoms with Crippen LogP contribution in [0.2, 0.25) is 0 Å². The van der Waals surface area contributed by atoms with Gasteiger partial charge in [0.15, 0.2) is 5.96 Å². The number of nitrogens with one attached hydrogen (secondary N) is 1. The zero-order valence-corrected chi connectivity index (χ0v) is 11.3. The Morgan fingerprint density at radius 3 is 2.35 bits per heavy atom. The maximum absolute atomic E-state index is 5.78. The number of ether oxygens (including phenoxy) is 1. The summed E-state index contributed by atoms with van der Waals surface area (Å²) in [5.41, 5.74) is 7.87. The van der Waals surface area contributed by atoms with Crippen LogP contribution in [0.15, 0.2) is 65.7 Å². The lowest BCUT2D eigenvalue weighted by atomic mass is 10.2. The highest BCUT2D eigenvalue weighted by Gasteiger charge is 1.94. The third-order valence-electron chi connectivity index (χ3n) is 2.68. The second-order valence-corrected chi connectivity index (χ2v) is 4.30. The molecule has 0 saturated carbocycles. The molecule has 0 atom stereocenters. The van der Waals surface area contributed by atoms with Crippen LogP contribution in [0.25, 0.3) is 0 Å². The Bertz CT molecular complexity index is 526. The van der Waals surface area contributed by atoms with Crippen molar-refractivity contribution in [1.82, 2.24) is 0 Å². The van der Waals surface area contributed by atoms with Crippen molar-refractivity contribution in [2.24, 2.45) is 10.7 Å². The number of benzene rings is 2. The van der Waals surface area contributed by atoms with Crippen molar-refractivity contribution in [3.63, 3.8) is 0 Å². The first-order valence-electron chi connectivity index (χ1n) is 6.58. The Kier molecular flexibility index (Phi) is 5.61. The van der Waals surface area contributed by atoms with Gasteiger partial charge in [-0.05, 0) is 17.7 Å². The molecule has 0 heterocycles. The molecule has 0 radical (unpaired) electrons. The molecule has 2 aromatic carbocycles. The highest BCUT2D eigenvalue weighted by atomic mass is 16.5. The fourth-order valence-electron chi connectivity index (χ4n) is 1.70. The molecule has 0 aliphatic heterocycles. The minimum absolute atomic E-state index is 0.402. The first kappa shape index (κ1) is 14.1. The van der Waals surface area contributed by atoms with Crippen LogP contribution in [0.3, 0.4) is 0 Å². The van der Waals surface area contributed by atoms with E-state index in [0.717, 1.165) is 11.3 Å². The molecule has 4 heteroatoms. The van der Waals surface area contributed by atoms with Crippen LogP contribution in [0.4, 0.5) is 5.69 Å². The number of anilines is 1. The van der Waals surface area contributed by atoms with Gasteiger partial charge in [0, 0.05) is 5.69 Å². The maximum atomic E-state index is 5.78. The molecular formula is C16H19N3O. The van der Waals surface area contributed by atoms with Gasteiger partial charge < -0.3 is 15.8 Å². The zero-order chi connectivity index (χ0) is 14.0. The summed E-state index contributed by atoms with van der Waals surface area (Å²) in [4.78, 5) is 4.21. The van der Waals surface area contributed by atoms with Gasteiger partial charge in [-0.3, -0.25) is 4.99 Å². The molecule has 0 fully saturated rings. The summed E-state index contributed by atoms with van der Waals surface area (Å²) in [7, 11) is 0. The second kappa shape index (κ2) is 7.96. The summed E-state index contributed by atoms with van der Waals surface area (Å²) in [6.07, 6.45) is 0. The van der Waals surface area contributed by atoms with E-state index in [1.807, 2.05) is 60.7 Å². The summed E-state index contributed by atoms with van der Waals surface area (Å²) >= 11 is 0. The summed E-state index contributed by atoms with van der Waals surface area (Å²) in [6, 6.07) is 19.8. The average Bonchev–Trinajstić information content (AvgIpc) is 2.49. The number of nitrogens with zero attached hydrogens (tertiary/aromatic N) is 1. The molecule has 0 unspecified atom stereocenters. The Hall–Kier alpha value is -2.33. The van der Waals surface area contributed by atoms with E-state index >= 15 is 0 Å². The van der Waals surface area contributed by atoms with Gasteiger partial charge >= 0.3 is 0 Å². The Morgan fingerprint density at radius 2 is 1.65 bits per heavy atom. The van der Waals surface area contributed by atoms with Gasteiger partial charge in [0.25, 0.3) is 0 Å². The van der Waals surface area contributed by atoms with Crippen LogP contribution in [0.5, 0.6) is 0 Å². The lowest BCUT2D eigenvalue weighted by Gasteiger charge is -2.05. The topological polar surface area (TPSA) is 59.6 Å². The van der Waals surface area contributed by atoms with Gasteiger partial charge in [-0.2, -0.15) is 0 Å². The first-order chi connectivity index (χ1) is 9.84. The minimum atomic E-state index is 0.402. The van der Waals surface area contributed by atoms with E-state index in [0.29, 0.717) is 25.7 Å². The van der Waals surface area contributed by atoms with Crippen LogP contribution < -0.4 is 11.1 Å². The molecule has 0 amide bonds. The number of aliphatic imine (C=N–C) groups is 1. The van der Waals surface area contributed by atoms with E-state index in [1.165, 1.54) is 0 Å². The van der Waals surface area contributed by atoms with Crippen molar-refractivity contribution < 1.29 is 4.74 Å². The van der Waals surface area contributed by atoms with Gasteiger partial charge in [0.1, 0.15) is 0 Å². The van der Waals surface area contributed by atoms with E-state index in [9.17, 15) is 0 Å². The van der Waals surface area contributed by atoms with Crippen LogP contribution in [0, 0.1) is 0 Å². The molecule has 0 saturated heterocycles. The summed E-state index contributed by atoms with van der Waals surface area (Å²) in [5.74, 6) is 0.402. The van der Waals surface area contributed by atoms with Crippen LogP contribution >= 0.6 is 0 Å². The average molecular weight is 269 g/mol. The second-order valence-electron chi connectivity index (χ2n) is 4.30. The SMILES string of the molecule is NC(=NCCOCc1ccccc1)Nc1ccccc1. The largest absolute Gasteiger partial charge is 0.375 e. The van der Waals surface area contributed by atoms with Crippen molar-refractivity contribution >= 4 is 11.6 Å². The van der Waals surface area contributed by atoms with Crippen molar-refractivity contribution in [2.45, 2.75) is 6.61 Å². The van der Waals surface area contributed by atoms with Gasteiger partial charge in [-0.1, -0.05) is 48.5 Å². The quantitative estimate of drug-likeness (QED) is 0.481. The number of hydrogen-bond donors (Lipinski definition) is 2. The molecule has 2 aromatic rings. The standard InChI is InChI=1S/C16H19N3O/c17-16(19-15-9-5-2-6-10-15)18-11-12-20-13-14-7-3-1-4-8-14/h1-10H,11-13H2,(H3,17,18,19). The summed E-state index contributed by atoms with van der Waals surface area (Å²) < 4.78 is 5.53. The third-order valence-corrected chi connectivity index (χ3v) is 2.68. The Morgan fingerprint density at radius 1 is 1.00 bits per heavy atom. The number of rotatable bonds is 6. The molecule has 0 spiro atoms. The number of para-hydroxylation sites is 1. The lowest BCUT2D eigenvalue weighted by Crippen LogP contribution is -2.23. The molecule has 0 aliphatic rings. The number of hydrogen-bond acceptors (Lipinski definition) is 2. The number of nitrogens with two attached hydrogens (primary N) is 1. The maximum Gasteiger partial charge on any atom is 0.193 e. The normalized spacial score (nSPS) is 11.3. The predicted octanol–water partition coefficient (Wildman–Crippen LogP) is 2.63. The first-order valence-corrected chi connectivity index (χ1v) is 6.58. The van der Waals surface area contributed by atoms with E-state index in [-0.39, 0.29) is 0 Å². The Balaban J connectivity index is 1.66. The lowest BCUT2D eigenvalue weighted by molar-refractivity contribution is 0.128. The van der Waals surface area contributed by atoms with Gasteiger partial charge in [-0.25, -0.2) is 0 Å². The highest BCUT2D eigenvalue weighted by molar-refractivity contribution is 5.92.